The van der Waals surface area contributed by atoms with Crippen LogP contribution in [-0.4, -0.2) is 0 Å². The lowest BCUT2D eigenvalue weighted by atomic mass is 9.84. The first-order valence-electron chi connectivity index (χ1n) is 23.2. The second-order valence-electron chi connectivity index (χ2n) is 17.0. The summed E-state index contributed by atoms with van der Waals surface area (Å²) in [4.78, 5) is 4.73. The van der Waals surface area contributed by atoms with E-state index in [1.54, 1.807) is 0 Å². The Morgan fingerprint density at radius 2 is 0.500 bits per heavy atom. The molecular weight excluding hydrogens is 821 g/mol. The molecule has 0 heterocycles. The Morgan fingerprint density at radius 1 is 0.206 bits per heavy atom. The molecule has 0 saturated heterocycles. The van der Waals surface area contributed by atoms with Crippen LogP contribution in [0.3, 0.4) is 0 Å². The van der Waals surface area contributed by atoms with E-state index in [-0.39, 0.29) is 0 Å². The minimum atomic E-state index is 1.08. The monoisotopic (exact) mass is 868 g/mol. The molecule has 0 aliphatic heterocycles. The van der Waals surface area contributed by atoms with Gasteiger partial charge in [0.2, 0.25) is 0 Å². The Balaban J connectivity index is 1.21. The minimum Gasteiger partial charge on any atom is -0.310 e. The number of benzene rings is 11. The molecule has 0 atom stereocenters. The van der Waals surface area contributed by atoms with Crippen molar-refractivity contribution in [2.45, 2.75) is 0 Å². The lowest BCUT2D eigenvalue weighted by Gasteiger charge is -2.28. The maximum absolute atomic E-state index is 2.41. The molecule has 11 aromatic carbocycles. The molecule has 11 rings (SSSR count). The third-order valence-electron chi connectivity index (χ3n) is 12.5. The van der Waals surface area contributed by atoms with Crippen molar-refractivity contribution in [1.29, 1.82) is 0 Å². The maximum Gasteiger partial charge on any atom is 0.0468 e. The number of rotatable bonds is 12. The van der Waals surface area contributed by atoms with Gasteiger partial charge in [-0.2, -0.15) is 0 Å². The van der Waals surface area contributed by atoms with Crippen LogP contribution in [0.4, 0.5) is 34.1 Å². The van der Waals surface area contributed by atoms with Crippen molar-refractivity contribution >= 4 is 80.0 Å². The average Bonchev–Trinajstić information content (AvgIpc) is 3.41. The number of para-hydroxylation sites is 4. The zero-order valence-electron chi connectivity index (χ0n) is 37.6. The highest BCUT2D eigenvalue weighted by molar-refractivity contribution is 6.23. The molecule has 0 amide bonds. The zero-order chi connectivity index (χ0) is 45.5. The van der Waals surface area contributed by atoms with Gasteiger partial charge in [-0.05, 0) is 151 Å². The van der Waals surface area contributed by atoms with E-state index >= 15 is 0 Å². The summed E-state index contributed by atoms with van der Waals surface area (Å²) >= 11 is 0. The predicted octanol–water partition coefficient (Wildman–Crippen LogP) is 18.6. The van der Waals surface area contributed by atoms with Crippen molar-refractivity contribution < 1.29 is 0 Å². The first-order valence-corrected chi connectivity index (χ1v) is 23.2. The molecule has 11 aromatic rings. The lowest BCUT2D eigenvalue weighted by Crippen LogP contribution is -2.10. The van der Waals surface area contributed by atoms with Crippen LogP contribution in [0.1, 0.15) is 22.3 Å². The Morgan fingerprint density at radius 3 is 0.838 bits per heavy atom. The highest BCUT2D eigenvalue weighted by Gasteiger charge is 2.22. The average molecular weight is 869 g/mol. The topological polar surface area (TPSA) is 6.48 Å². The van der Waals surface area contributed by atoms with Gasteiger partial charge in [-0.1, -0.05) is 206 Å². The van der Waals surface area contributed by atoms with Crippen LogP contribution in [0.5, 0.6) is 0 Å². The van der Waals surface area contributed by atoms with Crippen molar-refractivity contribution in [1.82, 2.24) is 0 Å². The van der Waals surface area contributed by atoms with Crippen molar-refractivity contribution in [2.75, 3.05) is 9.80 Å². The van der Waals surface area contributed by atoms with E-state index in [1.165, 1.54) is 43.8 Å². The summed E-state index contributed by atoms with van der Waals surface area (Å²) in [5.74, 6) is 0. The molecule has 0 saturated carbocycles. The van der Waals surface area contributed by atoms with E-state index in [4.69, 9.17) is 0 Å². The number of fused-ring (bicyclic) bond motifs is 2. The highest BCUT2D eigenvalue weighted by atomic mass is 15.1. The van der Waals surface area contributed by atoms with Gasteiger partial charge < -0.3 is 9.80 Å². The van der Waals surface area contributed by atoms with Gasteiger partial charge in [-0.25, -0.2) is 0 Å². The van der Waals surface area contributed by atoms with Gasteiger partial charge in [0.05, 0.1) is 0 Å². The van der Waals surface area contributed by atoms with Gasteiger partial charge in [0.25, 0.3) is 0 Å². The standard InChI is InChI=1S/C66H48N2/c1-7-21-49(22-8-1)37-39-51-25-19-27-53(45-51)65-61-43-41-60(68(57-33-15-5-16-34-57)58-35-17-6-18-36-58)48-64(61)66(54-28-20-26-52(46-54)40-38-50-23-9-2-10-24-50)62-44-42-59(47-63(62)65)67(55-29-11-3-12-30-55)56-31-13-4-14-32-56/h1-48H. The van der Waals surface area contributed by atoms with E-state index in [0.717, 1.165) is 56.4 Å². The smallest absolute Gasteiger partial charge is 0.0468 e. The second-order valence-corrected chi connectivity index (χ2v) is 17.0. The largest absolute Gasteiger partial charge is 0.310 e. The SMILES string of the molecule is C(=Cc1cccc(-c2c3ccc(N(c4ccccc4)c4ccccc4)cc3c(-c3cccc(C=Cc4ccccc4)c3)c3ccc(N(c4ccccc4)c4ccccc4)cc23)c1)c1ccccc1. The van der Waals surface area contributed by atoms with Crippen molar-refractivity contribution in [3.8, 4) is 22.3 Å². The summed E-state index contributed by atoms with van der Waals surface area (Å²) in [7, 11) is 0. The molecule has 0 bridgehead atoms. The van der Waals surface area contributed by atoms with Gasteiger partial charge in [0.1, 0.15) is 0 Å². The van der Waals surface area contributed by atoms with E-state index < -0.39 is 0 Å². The summed E-state index contributed by atoms with van der Waals surface area (Å²) < 4.78 is 0. The summed E-state index contributed by atoms with van der Waals surface area (Å²) in [6.07, 6.45) is 8.84. The van der Waals surface area contributed by atoms with E-state index in [0.29, 0.717) is 0 Å². The minimum absolute atomic E-state index is 1.08. The van der Waals surface area contributed by atoms with E-state index in [2.05, 4.69) is 301 Å². The van der Waals surface area contributed by atoms with Crippen LogP contribution < -0.4 is 9.80 Å². The second kappa shape index (κ2) is 19.2. The molecule has 0 unspecified atom stereocenters. The molecule has 2 heteroatoms. The van der Waals surface area contributed by atoms with Crippen LogP contribution in [0.25, 0.3) is 68.1 Å². The first-order chi connectivity index (χ1) is 33.7. The summed E-state index contributed by atoms with van der Waals surface area (Å²) in [6, 6.07) is 95.9. The summed E-state index contributed by atoms with van der Waals surface area (Å²) in [6.45, 7) is 0. The highest BCUT2D eigenvalue weighted by Crippen LogP contribution is 2.48. The Kier molecular flexibility index (Phi) is 11.8. The first kappa shape index (κ1) is 41.7. The third-order valence-corrected chi connectivity index (χ3v) is 12.5. The molecule has 0 aliphatic rings. The number of hydrogen-bond acceptors (Lipinski definition) is 2. The van der Waals surface area contributed by atoms with E-state index in [1.807, 2.05) is 0 Å². The molecule has 0 aliphatic carbocycles. The predicted molar refractivity (Wildman–Crippen MR) is 292 cm³/mol. The fourth-order valence-corrected chi connectivity index (χ4v) is 9.42. The molecule has 0 fully saturated rings. The van der Waals surface area contributed by atoms with Crippen LogP contribution in [-0.2, 0) is 0 Å². The van der Waals surface area contributed by atoms with Gasteiger partial charge in [0.15, 0.2) is 0 Å². The Hall–Kier alpha value is -8.98. The Labute approximate surface area is 399 Å². The lowest BCUT2D eigenvalue weighted by molar-refractivity contribution is 1.29. The maximum atomic E-state index is 2.41. The normalized spacial score (nSPS) is 11.4. The number of anilines is 6. The fourth-order valence-electron chi connectivity index (χ4n) is 9.42. The fraction of sp³-hybridized carbons (Fsp3) is 0. The molecule has 0 N–H and O–H groups in total. The van der Waals surface area contributed by atoms with Gasteiger partial charge in [-0.15, -0.1) is 0 Å². The van der Waals surface area contributed by atoms with Crippen LogP contribution in [0, 0.1) is 0 Å². The molecule has 322 valence electrons. The van der Waals surface area contributed by atoms with Crippen LogP contribution >= 0.6 is 0 Å². The molecule has 0 aromatic heterocycles. The third kappa shape index (κ3) is 8.75. The number of hydrogen-bond donors (Lipinski definition) is 0. The Bertz CT molecular complexity index is 3210. The van der Waals surface area contributed by atoms with Crippen LogP contribution in [0.15, 0.2) is 267 Å². The molecular formula is C66H48N2. The molecule has 2 nitrogen and oxygen atoms in total. The van der Waals surface area contributed by atoms with Crippen molar-refractivity contribution in [3.63, 3.8) is 0 Å². The van der Waals surface area contributed by atoms with Crippen molar-refractivity contribution in [2.24, 2.45) is 0 Å². The van der Waals surface area contributed by atoms with Gasteiger partial charge in [0, 0.05) is 34.1 Å². The van der Waals surface area contributed by atoms with Crippen LogP contribution in [0.2, 0.25) is 0 Å². The van der Waals surface area contributed by atoms with Gasteiger partial charge in [-0.3, -0.25) is 0 Å². The molecule has 0 radical (unpaired) electrons. The van der Waals surface area contributed by atoms with Gasteiger partial charge >= 0.3 is 0 Å². The molecule has 0 spiro atoms. The van der Waals surface area contributed by atoms with Crippen molar-refractivity contribution in [3.05, 3.63) is 289 Å². The van der Waals surface area contributed by atoms with E-state index in [9.17, 15) is 0 Å². The quantitative estimate of drug-likeness (QED) is 0.0892. The zero-order valence-corrected chi connectivity index (χ0v) is 37.6. The number of nitrogens with zero attached hydrogens (tertiary/aromatic N) is 2. The summed E-state index contributed by atoms with van der Waals surface area (Å²) in [5.41, 5.74) is 15.8. The molecule has 68 heavy (non-hydrogen) atoms. The summed E-state index contributed by atoms with van der Waals surface area (Å²) in [5, 5.41) is 4.70.